The molecule has 0 radical (unpaired) electrons. The van der Waals surface area contributed by atoms with Crippen LogP contribution in [-0.4, -0.2) is 16.6 Å². The Morgan fingerprint density at radius 3 is 2.15 bits per heavy atom. The summed E-state index contributed by atoms with van der Waals surface area (Å²) >= 11 is 0. The van der Waals surface area contributed by atoms with E-state index in [0.717, 1.165) is 11.6 Å². The molecule has 1 aromatic heterocycles. The molecule has 0 unspecified atom stereocenters. The first-order chi connectivity index (χ1) is 6.04. The molecule has 3 heteroatoms. The lowest BCUT2D eigenvalue weighted by atomic mass is 9.96. The van der Waals surface area contributed by atoms with Gasteiger partial charge >= 0.3 is 0 Å². The first kappa shape index (κ1) is 9.96. The molecule has 0 saturated heterocycles. The summed E-state index contributed by atoms with van der Waals surface area (Å²) in [6, 6.07) is 0. The average molecular weight is 180 g/mol. The van der Waals surface area contributed by atoms with Crippen LogP contribution in [0.3, 0.4) is 0 Å². The highest BCUT2D eigenvalue weighted by molar-refractivity contribution is 5.14. The molecule has 0 saturated carbocycles. The van der Waals surface area contributed by atoms with Gasteiger partial charge in [-0.3, -0.25) is 0 Å². The second-order valence-electron chi connectivity index (χ2n) is 3.93. The number of aromatic nitrogens is 2. The van der Waals surface area contributed by atoms with Gasteiger partial charge in [0, 0.05) is 5.41 Å². The summed E-state index contributed by atoms with van der Waals surface area (Å²) in [6.07, 6.45) is 3.44. The summed E-state index contributed by atoms with van der Waals surface area (Å²) in [4.78, 5) is 8.46. The molecule has 1 heterocycles. The van der Waals surface area contributed by atoms with Crippen LogP contribution in [0.25, 0.3) is 0 Å². The molecule has 1 aromatic rings. The Balaban J connectivity index is 2.81. The molecule has 0 bridgehead atoms. The minimum atomic E-state index is 0.00471. The molecule has 0 N–H and O–H groups in total. The minimum Gasteiger partial charge on any atom is -0.491 e. The van der Waals surface area contributed by atoms with E-state index in [-0.39, 0.29) is 5.41 Å². The molecule has 0 spiro atoms. The van der Waals surface area contributed by atoms with Crippen molar-refractivity contribution in [2.24, 2.45) is 0 Å². The van der Waals surface area contributed by atoms with Crippen molar-refractivity contribution in [3.05, 3.63) is 18.2 Å². The third kappa shape index (κ3) is 2.68. The molecular formula is C10H16N2O. The Labute approximate surface area is 79.2 Å². The molecule has 0 aliphatic carbocycles. The third-order valence-corrected chi connectivity index (χ3v) is 1.61. The van der Waals surface area contributed by atoms with Crippen molar-refractivity contribution in [3.8, 4) is 5.75 Å². The van der Waals surface area contributed by atoms with E-state index in [1.807, 2.05) is 6.92 Å². The van der Waals surface area contributed by atoms with Crippen LogP contribution in [0.5, 0.6) is 5.75 Å². The van der Waals surface area contributed by atoms with Gasteiger partial charge in [-0.1, -0.05) is 20.8 Å². The van der Waals surface area contributed by atoms with Crippen molar-refractivity contribution in [2.45, 2.75) is 33.1 Å². The van der Waals surface area contributed by atoms with Gasteiger partial charge in [0.25, 0.3) is 0 Å². The fourth-order valence-corrected chi connectivity index (χ4v) is 0.945. The topological polar surface area (TPSA) is 35.0 Å². The normalized spacial score (nSPS) is 11.4. The standard InChI is InChI=1S/C10H16N2O/c1-5-13-8-6-11-9(12-7-8)10(2,3)4/h6-7H,5H2,1-4H3. The van der Waals surface area contributed by atoms with E-state index in [2.05, 4.69) is 30.7 Å². The maximum Gasteiger partial charge on any atom is 0.155 e. The molecule has 0 amide bonds. The van der Waals surface area contributed by atoms with Gasteiger partial charge in [0.15, 0.2) is 5.75 Å². The van der Waals surface area contributed by atoms with Crippen LogP contribution in [0.15, 0.2) is 12.4 Å². The first-order valence-corrected chi connectivity index (χ1v) is 4.49. The van der Waals surface area contributed by atoms with E-state index in [4.69, 9.17) is 4.74 Å². The zero-order valence-electron chi connectivity index (χ0n) is 8.66. The smallest absolute Gasteiger partial charge is 0.155 e. The van der Waals surface area contributed by atoms with Crippen LogP contribution in [0.2, 0.25) is 0 Å². The van der Waals surface area contributed by atoms with Gasteiger partial charge in [-0.05, 0) is 6.92 Å². The summed E-state index contributed by atoms with van der Waals surface area (Å²) in [5.74, 6) is 1.58. The van der Waals surface area contributed by atoms with Crippen molar-refractivity contribution in [3.63, 3.8) is 0 Å². The zero-order valence-corrected chi connectivity index (χ0v) is 8.66. The Hall–Kier alpha value is -1.12. The lowest BCUT2D eigenvalue weighted by molar-refractivity contribution is 0.336. The predicted molar refractivity (Wildman–Crippen MR) is 51.9 cm³/mol. The Morgan fingerprint density at radius 2 is 1.77 bits per heavy atom. The fraction of sp³-hybridized carbons (Fsp3) is 0.600. The summed E-state index contributed by atoms with van der Waals surface area (Å²) in [6.45, 7) is 8.85. The predicted octanol–water partition coefficient (Wildman–Crippen LogP) is 2.17. The number of rotatable bonds is 2. The fourth-order valence-electron chi connectivity index (χ4n) is 0.945. The molecule has 72 valence electrons. The Bertz CT molecular complexity index is 261. The number of hydrogen-bond donors (Lipinski definition) is 0. The summed E-state index contributed by atoms with van der Waals surface area (Å²) in [5, 5.41) is 0. The molecule has 0 fully saturated rings. The van der Waals surface area contributed by atoms with Gasteiger partial charge in [-0.2, -0.15) is 0 Å². The van der Waals surface area contributed by atoms with E-state index in [1.54, 1.807) is 12.4 Å². The molecule has 0 aliphatic rings. The van der Waals surface area contributed by atoms with E-state index in [0.29, 0.717) is 6.61 Å². The summed E-state index contributed by atoms with van der Waals surface area (Å²) < 4.78 is 5.25. The van der Waals surface area contributed by atoms with Gasteiger partial charge in [-0.25, -0.2) is 9.97 Å². The van der Waals surface area contributed by atoms with Gasteiger partial charge in [0.2, 0.25) is 0 Å². The second-order valence-corrected chi connectivity index (χ2v) is 3.93. The van der Waals surface area contributed by atoms with Gasteiger partial charge in [-0.15, -0.1) is 0 Å². The molecule has 1 rings (SSSR count). The lowest BCUT2D eigenvalue weighted by Gasteiger charge is -2.15. The van der Waals surface area contributed by atoms with E-state index < -0.39 is 0 Å². The minimum absolute atomic E-state index is 0.00471. The van der Waals surface area contributed by atoms with Crippen molar-refractivity contribution < 1.29 is 4.74 Å². The van der Waals surface area contributed by atoms with Crippen molar-refractivity contribution >= 4 is 0 Å². The van der Waals surface area contributed by atoms with Crippen LogP contribution in [-0.2, 0) is 5.41 Å². The first-order valence-electron chi connectivity index (χ1n) is 4.49. The molecule has 13 heavy (non-hydrogen) atoms. The maximum absolute atomic E-state index is 5.25. The van der Waals surface area contributed by atoms with Crippen LogP contribution < -0.4 is 4.74 Å². The SMILES string of the molecule is CCOc1cnc(C(C)(C)C)nc1. The van der Waals surface area contributed by atoms with Crippen LogP contribution in [0.4, 0.5) is 0 Å². The van der Waals surface area contributed by atoms with E-state index >= 15 is 0 Å². The monoisotopic (exact) mass is 180 g/mol. The summed E-state index contributed by atoms with van der Waals surface area (Å²) in [5.41, 5.74) is 0.00471. The van der Waals surface area contributed by atoms with E-state index in [9.17, 15) is 0 Å². The van der Waals surface area contributed by atoms with Gasteiger partial charge in [0.05, 0.1) is 19.0 Å². The third-order valence-electron chi connectivity index (χ3n) is 1.61. The number of nitrogens with zero attached hydrogens (tertiary/aromatic N) is 2. The van der Waals surface area contributed by atoms with Crippen LogP contribution in [0, 0.1) is 0 Å². The molecule has 0 aliphatic heterocycles. The van der Waals surface area contributed by atoms with Crippen molar-refractivity contribution in [2.75, 3.05) is 6.61 Å². The van der Waals surface area contributed by atoms with Crippen LogP contribution >= 0.6 is 0 Å². The van der Waals surface area contributed by atoms with Crippen LogP contribution in [0.1, 0.15) is 33.5 Å². The quantitative estimate of drug-likeness (QED) is 0.699. The average Bonchev–Trinajstić information content (AvgIpc) is 2.04. The molecule has 3 nitrogen and oxygen atoms in total. The second kappa shape index (κ2) is 3.73. The van der Waals surface area contributed by atoms with Crippen molar-refractivity contribution in [1.29, 1.82) is 0 Å². The molecule has 0 atom stereocenters. The molecular weight excluding hydrogens is 164 g/mol. The Kier molecular flexibility index (Phi) is 2.86. The zero-order chi connectivity index (χ0) is 9.90. The Morgan fingerprint density at radius 1 is 1.23 bits per heavy atom. The number of ether oxygens (including phenoxy) is 1. The molecule has 0 aromatic carbocycles. The van der Waals surface area contributed by atoms with Gasteiger partial charge < -0.3 is 4.74 Å². The van der Waals surface area contributed by atoms with Gasteiger partial charge in [0.1, 0.15) is 5.82 Å². The highest BCUT2D eigenvalue weighted by Gasteiger charge is 2.16. The maximum atomic E-state index is 5.25. The lowest BCUT2D eigenvalue weighted by Crippen LogP contribution is -2.15. The highest BCUT2D eigenvalue weighted by Crippen LogP contribution is 2.18. The largest absolute Gasteiger partial charge is 0.491 e. The highest BCUT2D eigenvalue weighted by atomic mass is 16.5. The van der Waals surface area contributed by atoms with E-state index in [1.165, 1.54) is 0 Å². The summed E-state index contributed by atoms with van der Waals surface area (Å²) in [7, 11) is 0. The van der Waals surface area contributed by atoms with Crippen molar-refractivity contribution in [1.82, 2.24) is 9.97 Å². The number of hydrogen-bond acceptors (Lipinski definition) is 3.